The largest absolute Gasteiger partial charge is 0.493 e. The summed E-state index contributed by atoms with van der Waals surface area (Å²) in [6.45, 7) is 1.87. The van der Waals surface area contributed by atoms with Crippen molar-refractivity contribution in [1.29, 1.82) is 0 Å². The highest BCUT2D eigenvalue weighted by atomic mass is 32.2. The van der Waals surface area contributed by atoms with E-state index in [1.807, 2.05) is 37.3 Å². The third-order valence-electron chi connectivity index (χ3n) is 4.33. The maximum Gasteiger partial charge on any atom is 0.336 e. The highest BCUT2D eigenvalue weighted by Crippen LogP contribution is 2.28. The second kappa shape index (κ2) is 10.4. The third kappa shape index (κ3) is 6.29. The molecule has 0 aliphatic carbocycles. The van der Waals surface area contributed by atoms with E-state index < -0.39 is 16.0 Å². The van der Waals surface area contributed by atoms with Gasteiger partial charge in [-0.1, -0.05) is 48.0 Å². The number of aryl methyl sites for hydroxylation is 1. The van der Waals surface area contributed by atoms with Crippen LogP contribution in [0.25, 0.3) is 6.08 Å². The predicted molar refractivity (Wildman–Crippen MR) is 123 cm³/mol. The molecule has 0 radical (unpaired) electrons. The second-order valence-electron chi connectivity index (χ2n) is 6.74. The molecule has 0 saturated heterocycles. The number of carbonyl (C=O) groups excluding carboxylic acids is 1. The van der Waals surface area contributed by atoms with Gasteiger partial charge in [-0.2, -0.15) is 13.5 Å². The van der Waals surface area contributed by atoms with Crippen LogP contribution in [-0.2, 0) is 14.8 Å². The Morgan fingerprint density at radius 2 is 1.66 bits per heavy atom. The average Bonchev–Trinajstić information content (AvgIpc) is 2.79. The van der Waals surface area contributed by atoms with Gasteiger partial charge in [0.05, 0.1) is 18.2 Å². The molecule has 0 bridgehead atoms. The van der Waals surface area contributed by atoms with Gasteiger partial charge in [-0.25, -0.2) is 9.63 Å². The van der Waals surface area contributed by atoms with Crippen molar-refractivity contribution in [2.75, 3.05) is 7.11 Å². The zero-order valence-corrected chi connectivity index (χ0v) is 18.4. The van der Waals surface area contributed by atoms with E-state index in [1.165, 1.54) is 31.5 Å². The molecule has 8 heteroatoms. The van der Waals surface area contributed by atoms with Crippen molar-refractivity contribution >= 4 is 28.3 Å². The molecular formula is C24H22N2O5S. The molecule has 164 valence electrons. The Morgan fingerprint density at radius 3 is 2.34 bits per heavy atom. The number of nitrogens with one attached hydrogen (secondary N) is 1. The molecule has 3 aromatic carbocycles. The van der Waals surface area contributed by atoms with E-state index in [-0.39, 0.29) is 10.6 Å². The maximum absolute atomic E-state index is 12.3. The summed E-state index contributed by atoms with van der Waals surface area (Å²) in [7, 11) is -2.33. The van der Waals surface area contributed by atoms with Crippen molar-refractivity contribution < 1.29 is 22.7 Å². The van der Waals surface area contributed by atoms with Gasteiger partial charge in [-0.15, -0.1) is 0 Å². The lowest BCUT2D eigenvalue weighted by Crippen LogP contribution is -2.18. The van der Waals surface area contributed by atoms with Crippen LogP contribution in [-0.4, -0.2) is 27.7 Å². The molecule has 1 N–H and O–H groups in total. The minimum atomic E-state index is -3.77. The first-order chi connectivity index (χ1) is 15.4. The lowest BCUT2D eigenvalue weighted by molar-refractivity contribution is -0.129. The first-order valence-electron chi connectivity index (χ1n) is 9.62. The van der Waals surface area contributed by atoms with Crippen molar-refractivity contribution in [3.05, 3.63) is 95.6 Å². The van der Waals surface area contributed by atoms with Crippen LogP contribution in [0.5, 0.6) is 11.5 Å². The number of rotatable bonds is 8. The smallest absolute Gasteiger partial charge is 0.336 e. The molecule has 0 fully saturated rings. The van der Waals surface area contributed by atoms with Gasteiger partial charge in [0.2, 0.25) is 0 Å². The van der Waals surface area contributed by atoms with E-state index in [0.717, 1.165) is 11.1 Å². The Hall–Kier alpha value is -3.91. The van der Waals surface area contributed by atoms with Gasteiger partial charge in [0.25, 0.3) is 10.0 Å². The molecule has 0 unspecified atom stereocenters. The fourth-order valence-electron chi connectivity index (χ4n) is 2.66. The summed E-state index contributed by atoms with van der Waals surface area (Å²) in [5, 5.41) is 3.80. The molecule has 0 aromatic heterocycles. The Kier molecular flexibility index (Phi) is 7.41. The lowest BCUT2D eigenvalue weighted by atomic mass is 10.2. The maximum atomic E-state index is 12.3. The number of carbonyl (C=O) groups is 1. The van der Waals surface area contributed by atoms with Crippen LogP contribution in [0.1, 0.15) is 16.7 Å². The summed E-state index contributed by atoms with van der Waals surface area (Å²) in [6, 6.07) is 20.5. The van der Waals surface area contributed by atoms with Crippen LogP contribution in [0.2, 0.25) is 0 Å². The van der Waals surface area contributed by atoms with Crippen molar-refractivity contribution in [3.8, 4) is 11.5 Å². The molecule has 0 aliphatic rings. The number of hydrogen-bond acceptors (Lipinski definition) is 6. The number of benzene rings is 3. The minimum absolute atomic E-state index is 0.114. The van der Waals surface area contributed by atoms with E-state index in [0.29, 0.717) is 11.3 Å². The van der Waals surface area contributed by atoms with Crippen LogP contribution in [0, 0.1) is 6.92 Å². The molecule has 32 heavy (non-hydrogen) atoms. The van der Waals surface area contributed by atoms with E-state index in [1.54, 1.807) is 36.4 Å². The average molecular weight is 451 g/mol. The third-order valence-corrected chi connectivity index (χ3v) is 5.57. The van der Waals surface area contributed by atoms with E-state index in [4.69, 9.17) is 9.47 Å². The van der Waals surface area contributed by atoms with Crippen LogP contribution in [0.15, 0.2) is 88.9 Å². The van der Waals surface area contributed by atoms with Crippen molar-refractivity contribution in [3.63, 3.8) is 0 Å². The highest BCUT2D eigenvalue weighted by molar-refractivity contribution is 7.89. The first kappa shape index (κ1) is 22.8. The Labute approximate surface area is 187 Å². The van der Waals surface area contributed by atoms with Gasteiger partial charge in [0, 0.05) is 6.08 Å². The summed E-state index contributed by atoms with van der Waals surface area (Å²) < 4.78 is 35.2. The monoisotopic (exact) mass is 450 g/mol. The predicted octanol–water partition coefficient (Wildman–Crippen LogP) is 3.93. The van der Waals surface area contributed by atoms with Crippen molar-refractivity contribution in [2.24, 2.45) is 5.10 Å². The van der Waals surface area contributed by atoms with Crippen LogP contribution < -0.4 is 14.3 Å². The van der Waals surface area contributed by atoms with Crippen LogP contribution in [0.3, 0.4) is 0 Å². The SMILES string of the molecule is COc1cc(/C=N/NS(=O)(=O)c2ccc(C)cc2)ccc1OC(=O)/C=C/c1ccccc1. The first-order valence-corrected chi connectivity index (χ1v) is 11.1. The molecule has 0 aliphatic heterocycles. The molecule has 7 nitrogen and oxygen atoms in total. The van der Waals surface area contributed by atoms with Gasteiger partial charge >= 0.3 is 5.97 Å². The van der Waals surface area contributed by atoms with Gasteiger partial charge in [0.15, 0.2) is 11.5 Å². The zero-order chi connectivity index (χ0) is 23.0. The normalized spacial score (nSPS) is 11.6. The molecule has 0 spiro atoms. The number of methoxy groups -OCH3 is 1. The molecule has 3 rings (SSSR count). The topological polar surface area (TPSA) is 94.1 Å². The summed E-state index contributed by atoms with van der Waals surface area (Å²) in [5.74, 6) is -0.0242. The molecule has 0 heterocycles. The molecule has 0 atom stereocenters. The Balaban J connectivity index is 1.66. The summed E-state index contributed by atoms with van der Waals surface area (Å²) in [5.41, 5.74) is 2.38. The molecule has 0 saturated carbocycles. The van der Waals surface area contributed by atoms with E-state index >= 15 is 0 Å². The number of sulfonamides is 1. The summed E-state index contributed by atoms with van der Waals surface area (Å²) >= 11 is 0. The zero-order valence-electron chi connectivity index (χ0n) is 17.6. The van der Waals surface area contributed by atoms with Crippen LogP contribution in [0.4, 0.5) is 0 Å². The quantitative estimate of drug-likeness (QED) is 0.184. The van der Waals surface area contributed by atoms with Crippen LogP contribution >= 0.6 is 0 Å². The van der Waals surface area contributed by atoms with Gasteiger partial charge < -0.3 is 9.47 Å². The van der Waals surface area contributed by atoms with Gasteiger partial charge in [0.1, 0.15) is 0 Å². The highest BCUT2D eigenvalue weighted by Gasteiger charge is 2.12. The summed E-state index contributed by atoms with van der Waals surface area (Å²) in [4.78, 5) is 14.4. The molecule has 0 amide bonds. The van der Waals surface area contributed by atoms with Crippen molar-refractivity contribution in [1.82, 2.24) is 4.83 Å². The second-order valence-corrected chi connectivity index (χ2v) is 8.40. The fourth-order valence-corrected chi connectivity index (χ4v) is 3.45. The molecular weight excluding hydrogens is 428 g/mol. The number of ether oxygens (including phenoxy) is 2. The minimum Gasteiger partial charge on any atom is -0.493 e. The number of esters is 1. The Bertz CT molecular complexity index is 1240. The molecule has 3 aromatic rings. The van der Waals surface area contributed by atoms with E-state index in [9.17, 15) is 13.2 Å². The number of hydrogen-bond donors (Lipinski definition) is 1. The standard InChI is InChI=1S/C24H22N2O5S/c1-18-8-12-21(13-9-18)32(28,29)26-25-17-20-10-14-22(23(16-20)30-2)31-24(27)15-11-19-6-4-3-5-7-19/h3-17,26H,1-2H3/b15-11+,25-17+. The Morgan fingerprint density at radius 1 is 0.938 bits per heavy atom. The fraction of sp³-hybridized carbons (Fsp3) is 0.0833. The van der Waals surface area contributed by atoms with Gasteiger partial charge in [-0.3, -0.25) is 0 Å². The lowest BCUT2D eigenvalue weighted by Gasteiger charge is -2.08. The van der Waals surface area contributed by atoms with Gasteiger partial charge in [-0.05, 0) is 54.5 Å². The van der Waals surface area contributed by atoms with E-state index in [2.05, 4.69) is 9.93 Å². The number of hydrazone groups is 1. The summed E-state index contributed by atoms with van der Waals surface area (Å²) in [6.07, 6.45) is 4.30. The van der Waals surface area contributed by atoms with Crippen molar-refractivity contribution in [2.45, 2.75) is 11.8 Å². The number of nitrogens with zero attached hydrogens (tertiary/aromatic N) is 1.